The second-order valence-corrected chi connectivity index (χ2v) is 6.15. The summed E-state index contributed by atoms with van der Waals surface area (Å²) in [5.41, 5.74) is 2.87. The molecule has 0 spiro atoms. The smallest absolute Gasteiger partial charge is 0.356 e. The minimum atomic E-state index is -0.383. The van der Waals surface area contributed by atoms with E-state index < -0.39 is 0 Å². The van der Waals surface area contributed by atoms with E-state index in [0.29, 0.717) is 22.5 Å². The Morgan fingerprint density at radius 2 is 2.22 bits per heavy atom. The van der Waals surface area contributed by atoms with Crippen molar-refractivity contribution in [1.82, 2.24) is 4.40 Å². The molecule has 5 nitrogen and oxygen atoms in total. The van der Waals surface area contributed by atoms with Crippen LogP contribution in [0.2, 0.25) is 0 Å². The van der Waals surface area contributed by atoms with Gasteiger partial charge in [0, 0.05) is 11.6 Å². The van der Waals surface area contributed by atoms with Crippen LogP contribution in [0.4, 0.5) is 0 Å². The van der Waals surface area contributed by atoms with Crippen LogP contribution in [0.15, 0.2) is 24.4 Å². The molecule has 0 fully saturated rings. The summed E-state index contributed by atoms with van der Waals surface area (Å²) >= 11 is 1.25. The number of nitriles is 1. The molecule has 3 rings (SSSR count). The highest BCUT2D eigenvalue weighted by Gasteiger charge is 2.22. The second kappa shape index (κ2) is 5.86. The number of nitrogens with two attached hydrogens (primary N) is 1. The minimum absolute atomic E-state index is 0.303. The van der Waals surface area contributed by atoms with Crippen molar-refractivity contribution >= 4 is 32.9 Å². The summed E-state index contributed by atoms with van der Waals surface area (Å²) in [6, 6.07) is 7.83. The van der Waals surface area contributed by atoms with Crippen molar-refractivity contribution in [3.05, 3.63) is 45.9 Å². The predicted molar refractivity (Wildman–Crippen MR) is 87.9 cm³/mol. The molecule has 0 saturated heterocycles. The maximum Gasteiger partial charge on any atom is 0.356 e. The molecule has 3 aromatic heterocycles. The van der Waals surface area contributed by atoms with Crippen LogP contribution >= 0.6 is 11.3 Å². The Morgan fingerprint density at radius 3 is 2.87 bits per heavy atom. The molecule has 3 aromatic rings. The molecule has 0 aliphatic carbocycles. The molecule has 0 amide bonds. The van der Waals surface area contributed by atoms with Crippen molar-refractivity contribution in [2.75, 3.05) is 6.61 Å². The number of esters is 1. The second-order valence-electron chi connectivity index (χ2n) is 5.09. The summed E-state index contributed by atoms with van der Waals surface area (Å²) in [7, 11) is 0. The summed E-state index contributed by atoms with van der Waals surface area (Å²) in [6.45, 7) is 4.14. The van der Waals surface area contributed by atoms with Crippen molar-refractivity contribution in [3.8, 4) is 6.07 Å². The third-order valence-corrected chi connectivity index (χ3v) is 4.81. The molecule has 0 radical (unpaired) electrons. The number of hydrogen-bond donors (Lipinski definition) is 1. The van der Waals surface area contributed by atoms with E-state index in [1.54, 1.807) is 13.0 Å². The van der Waals surface area contributed by atoms with Gasteiger partial charge in [0.05, 0.1) is 16.8 Å². The maximum atomic E-state index is 12.5. The lowest BCUT2D eigenvalue weighted by atomic mass is 10.2. The molecule has 0 saturated carbocycles. The molecule has 0 aliphatic rings. The molecule has 23 heavy (non-hydrogen) atoms. The predicted octanol–water partition coefficient (Wildman–Crippen LogP) is 1.42. The molecule has 0 bridgehead atoms. The van der Waals surface area contributed by atoms with Crippen molar-refractivity contribution in [2.45, 2.75) is 20.3 Å². The van der Waals surface area contributed by atoms with Crippen LogP contribution in [0, 0.1) is 11.3 Å². The fraction of sp³-hybridized carbons (Fsp3) is 0.235. The van der Waals surface area contributed by atoms with Gasteiger partial charge in [-0.15, -0.1) is 0 Å². The summed E-state index contributed by atoms with van der Waals surface area (Å²) in [4.78, 5) is 12.5. The fourth-order valence-corrected chi connectivity index (χ4v) is 3.60. The van der Waals surface area contributed by atoms with Crippen molar-refractivity contribution < 1.29 is 14.9 Å². The van der Waals surface area contributed by atoms with Crippen molar-refractivity contribution in [3.63, 3.8) is 0 Å². The van der Waals surface area contributed by atoms with Crippen molar-refractivity contribution in [2.24, 2.45) is 0 Å². The Bertz CT molecular complexity index is 1020. The van der Waals surface area contributed by atoms with Gasteiger partial charge in [0.1, 0.15) is 11.6 Å². The van der Waals surface area contributed by atoms with Crippen LogP contribution < -0.4 is 10.1 Å². The highest BCUT2D eigenvalue weighted by molar-refractivity contribution is 7.16. The summed E-state index contributed by atoms with van der Waals surface area (Å²) < 4.78 is 8.20. The number of nitrogens with zero attached hydrogens (tertiary/aromatic N) is 2. The zero-order valence-corrected chi connectivity index (χ0v) is 13.7. The minimum Gasteiger partial charge on any atom is -0.461 e. The standard InChI is InChI=1S/C17H15N3O2S/c1-3-10-5-6-13-12-7-11(8-18)16(19)23-15(12)14(20(13)9-10)17(21)22-4-2/h5-7,9,19H,3-4H2,1-2H3/p+1. The van der Waals surface area contributed by atoms with Crippen LogP contribution in [0.3, 0.4) is 0 Å². The van der Waals surface area contributed by atoms with Gasteiger partial charge in [0.2, 0.25) is 0 Å². The van der Waals surface area contributed by atoms with Gasteiger partial charge >= 0.3 is 5.97 Å². The third kappa shape index (κ3) is 2.39. The van der Waals surface area contributed by atoms with Crippen LogP contribution in [-0.4, -0.2) is 17.0 Å². The number of aromatic nitrogens is 1. The van der Waals surface area contributed by atoms with Crippen LogP contribution in [0.1, 0.15) is 35.5 Å². The average molecular weight is 326 g/mol. The Kier molecular flexibility index (Phi) is 3.89. The SMILES string of the molecule is CCOC(=O)c1c2sc(=[NH2+])c(C#N)cc2c2ccc(CC)cn12. The molecule has 0 aliphatic heterocycles. The van der Waals surface area contributed by atoms with Gasteiger partial charge in [-0.2, -0.15) is 5.26 Å². The number of carbonyl (C=O) groups excluding carboxylic acids is 1. The first-order chi connectivity index (χ1) is 11.1. The highest BCUT2D eigenvalue weighted by atomic mass is 32.1. The normalized spacial score (nSPS) is 10.8. The molecule has 3 heterocycles. The molecule has 6 heteroatoms. The Balaban J connectivity index is 2.48. The van der Waals surface area contributed by atoms with Gasteiger partial charge in [0.25, 0.3) is 4.67 Å². The largest absolute Gasteiger partial charge is 0.461 e. The summed E-state index contributed by atoms with van der Waals surface area (Å²) in [6.07, 6.45) is 2.80. The van der Waals surface area contributed by atoms with Gasteiger partial charge in [-0.05, 0) is 31.0 Å². The molecule has 0 aromatic carbocycles. The molecule has 2 N–H and O–H groups in total. The first-order valence-corrected chi connectivity index (χ1v) is 8.18. The molecule has 0 unspecified atom stereocenters. The highest BCUT2D eigenvalue weighted by Crippen LogP contribution is 2.30. The first-order valence-electron chi connectivity index (χ1n) is 7.37. The zero-order valence-electron chi connectivity index (χ0n) is 12.9. The van der Waals surface area contributed by atoms with Crippen molar-refractivity contribution in [1.29, 1.82) is 5.26 Å². The van der Waals surface area contributed by atoms with E-state index in [9.17, 15) is 10.1 Å². The number of hydrogen-bond acceptors (Lipinski definition) is 4. The van der Waals surface area contributed by atoms with Gasteiger partial charge in [0.15, 0.2) is 5.69 Å². The maximum absolute atomic E-state index is 12.5. The van der Waals surface area contributed by atoms with E-state index in [1.165, 1.54) is 11.3 Å². The average Bonchev–Trinajstić information content (AvgIpc) is 2.86. The monoisotopic (exact) mass is 326 g/mol. The van der Waals surface area contributed by atoms with E-state index in [1.807, 2.05) is 22.7 Å². The topological polar surface area (TPSA) is 80.1 Å². The summed E-state index contributed by atoms with van der Waals surface area (Å²) in [5.74, 6) is -0.383. The first kappa shape index (κ1) is 15.3. The lowest BCUT2D eigenvalue weighted by Crippen LogP contribution is -2.44. The Morgan fingerprint density at radius 1 is 1.43 bits per heavy atom. The Hall–Kier alpha value is -2.65. The fourth-order valence-electron chi connectivity index (χ4n) is 2.61. The molecule has 116 valence electrons. The molecule has 0 atom stereocenters. The van der Waals surface area contributed by atoms with Gasteiger partial charge in [-0.3, -0.25) is 0 Å². The third-order valence-electron chi connectivity index (χ3n) is 3.75. The van der Waals surface area contributed by atoms with Gasteiger partial charge in [-0.25, -0.2) is 10.2 Å². The van der Waals surface area contributed by atoms with Gasteiger partial charge in [-0.1, -0.05) is 24.3 Å². The van der Waals surface area contributed by atoms with E-state index in [4.69, 9.17) is 10.1 Å². The number of aryl methyl sites for hydroxylation is 1. The van der Waals surface area contributed by atoms with Gasteiger partial charge < -0.3 is 9.14 Å². The van der Waals surface area contributed by atoms with Crippen LogP contribution in [0.5, 0.6) is 0 Å². The van der Waals surface area contributed by atoms with E-state index in [2.05, 4.69) is 13.0 Å². The lowest BCUT2D eigenvalue weighted by Gasteiger charge is -2.04. The number of rotatable bonds is 3. The van der Waals surface area contributed by atoms with Crippen LogP contribution in [-0.2, 0) is 11.2 Å². The molecular formula is C17H16N3O2S+. The number of fused-ring (bicyclic) bond motifs is 3. The lowest BCUT2D eigenvalue weighted by molar-refractivity contribution is -0.167. The van der Waals surface area contributed by atoms with E-state index >= 15 is 0 Å². The van der Waals surface area contributed by atoms with Crippen LogP contribution in [0.25, 0.3) is 15.6 Å². The Labute approximate surface area is 136 Å². The summed E-state index contributed by atoms with van der Waals surface area (Å²) in [5, 5.41) is 16.0. The van der Waals surface area contributed by atoms with E-state index in [-0.39, 0.29) is 5.97 Å². The number of carbonyl (C=O) groups is 1. The van der Waals surface area contributed by atoms with E-state index in [0.717, 1.165) is 27.6 Å². The number of pyridine rings is 1. The quantitative estimate of drug-likeness (QED) is 0.739. The number of ether oxygens (including phenoxy) is 1. The zero-order chi connectivity index (χ0) is 16.6. The molecular weight excluding hydrogens is 310 g/mol.